The Morgan fingerprint density at radius 2 is 1.94 bits per heavy atom. The van der Waals surface area contributed by atoms with E-state index >= 15 is 0 Å². The highest BCUT2D eigenvalue weighted by Gasteiger charge is 2.39. The van der Waals surface area contributed by atoms with Crippen molar-refractivity contribution >= 4 is 28.9 Å². The Hall–Kier alpha value is -3.02. The minimum absolute atomic E-state index is 0.0166. The molecule has 168 valence electrons. The molecule has 1 aliphatic carbocycles. The maximum absolute atomic E-state index is 13.1. The quantitative estimate of drug-likeness (QED) is 0.453. The third kappa shape index (κ3) is 5.37. The average Bonchev–Trinajstić information content (AvgIpc) is 3.48. The zero-order valence-corrected chi connectivity index (χ0v) is 17.9. The third-order valence-electron chi connectivity index (χ3n) is 4.75. The lowest BCUT2D eigenvalue weighted by Gasteiger charge is -2.18. The van der Waals surface area contributed by atoms with Crippen molar-refractivity contribution in [3.05, 3.63) is 35.7 Å². The van der Waals surface area contributed by atoms with Crippen LogP contribution in [0, 0.1) is 0 Å². The molecule has 31 heavy (non-hydrogen) atoms. The molecule has 0 spiro atoms. The maximum Gasteiger partial charge on any atom is 0.435 e. The Labute approximate surface area is 182 Å². The number of nitrogens with one attached hydrogen (secondary N) is 3. The van der Waals surface area contributed by atoms with Gasteiger partial charge in [0.25, 0.3) is 5.91 Å². The molecular weight excluding hydrogens is 435 g/mol. The number of carbonyl (C=O) groups excluding carboxylic acids is 1. The Morgan fingerprint density at radius 3 is 2.52 bits per heavy atom. The van der Waals surface area contributed by atoms with E-state index < -0.39 is 23.8 Å². The molecule has 1 atom stereocenters. The number of anilines is 1. The summed E-state index contributed by atoms with van der Waals surface area (Å²) < 4.78 is 50.7. The second-order valence-corrected chi connectivity index (χ2v) is 7.39. The molecule has 1 heterocycles. The number of hydrazine groups is 1. The number of methoxy groups -OCH3 is 2. The molecular formula is C19H22F3N5O3S. The van der Waals surface area contributed by atoms with E-state index in [2.05, 4.69) is 21.3 Å². The second kappa shape index (κ2) is 9.00. The van der Waals surface area contributed by atoms with E-state index in [4.69, 9.17) is 21.7 Å². The molecule has 12 heteroatoms. The van der Waals surface area contributed by atoms with E-state index in [0.717, 1.165) is 23.6 Å². The fourth-order valence-corrected chi connectivity index (χ4v) is 3.09. The Bertz CT molecular complexity index is 975. The Kier molecular flexibility index (Phi) is 6.58. The number of hydrogen-bond acceptors (Lipinski definition) is 5. The number of benzene rings is 1. The normalized spacial score (nSPS) is 14.5. The molecule has 0 radical (unpaired) electrons. The zero-order valence-electron chi connectivity index (χ0n) is 17.0. The summed E-state index contributed by atoms with van der Waals surface area (Å²) in [5, 5.41) is 6.55. The highest BCUT2D eigenvalue weighted by atomic mass is 32.1. The molecule has 1 fully saturated rings. The first-order valence-electron chi connectivity index (χ1n) is 9.39. The molecule has 0 aliphatic heterocycles. The van der Waals surface area contributed by atoms with Gasteiger partial charge in [-0.25, -0.2) is 0 Å². The lowest BCUT2D eigenvalue weighted by molar-refractivity contribution is -0.142. The third-order valence-corrected chi connectivity index (χ3v) is 4.96. The van der Waals surface area contributed by atoms with Crippen LogP contribution in [0.25, 0.3) is 0 Å². The molecule has 1 aromatic carbocycles. The van der Waals surface area contributed by atoms with Crippen molar-refractivity contribution in [2.45, 2.75) is 37.9 Å². The van der Waals surface area contributed by atoms with Crippen LogP contribution in [0.5, 0.6) is 11.5 Å². The van der Waals surface area contributed by atoms with Gasteiger partial charge in [0.05, 0.1) is 19.9 Å². The Morgan fingerprint density at radius 1 is 1.23 bits per heavy atom. The summed E-state index contributed by atoms with van der Waals surface area (Å²) in [6.45, 7) is 1.47. The Balaban J connectivity index is 1.63. The van der Waals surface area contributed by atoms with Gasteiger partial charge in [0.15, 0.2) is 10.8 Å². The molecule has 1 aliphatic rings. The van der Waals surface area contributed by atoms with Gasteiger partial charge in [0.1, 0.15) is 17.5 Å². The number of thiocarbonyl (C=S) groups is 1. The van der Waals surface area contributed by atoms with Crippen molar-refractivity contribution in [3.8, 4) is 11.5 Å². The highest BCUT2D eigenvalue weighted by molar-refractivity contribution is 7.80. The van der Waals surface area contributed by atoms with Crippen molar-refractivity contribution in [1.82, 2.24) is 20.6 Å². The van der Waals surface area contributed by atoms with Crippen LogP contribution in [0.2, 0.25) is 0 Å². The van der Waals surface area contributed by atoms with E-state index in [-0.39, 0.29) is 11.0 Å². The van der Waals surface area contributed by atoms with Crippen molar-refractivity contribution in [2.75, 3.05) is 19.5 Å². The van der Waals surface area contributed by atoms with Gasteiger partial charge in [0, 0.05) is 17.7 Å². The summed E-state index contributed by atoms with van der Waals surface area (Å²) in [6, 6.07) is 5.07. The second-order valence-electron chi connectivity index (χ2n) is 6.98. The molecule has 8 nitrogen and oxygen atoms in total. The van der Waals surface area contributed by atoms with E-state index in [1.165, 1.54) is 21.1 Å². The number of amides is 1. The van der Waals surface area contributed by atoms with Crippen LogP contribution in [-0.4, -0.2) is 35.0 Å². The van der Waals surface area contributed by atoms with Crippen LogP contribution < -0.4 is 25.6 Å². The monoisotopic (exact) mass is 457 g/mol. The van der Waals surface area contributed by atoms with E-state index in [9.17, 15) is 18.0 Å². The van der Waals surface area contributed by atoms with Gasteiger partial charge in [-0.15, -0.1) is 0 Å². The molecule has 2 aromatic rings. The van der Waals surface area contributed by atoms with Gasteiger partial charge < -0.3 is 14.8 Å². The predicted molar refractivity (Wildman–Crippen MR) is 111 cm³/mol. The van der Waals surface area contributed by atoms with Crippen molar-refractivity contribution < 1.29 is 27.4 Å². The summed E-state index contributed by atoms with van der Waals surface area (Å²) in [5.41, 5.74) is 4.85. The summed E-state index contributed by atoms with van der Waals surface area (Å²) in [6.07, 6.45) is -3.03. The minimum atomic E-state index is -4.58. The van der Waals surface area contributed by atoms with Crippen LogP contribution in [0.4, 0.5) is 18.9 Å². The highest BCUT2D eigenvalue weighted by Crippen LogP contribution is 2.43. The van der Waals surface area contributed by atoms with Crippen molar-refractivity contribution in [1.29, 1.82) is 0 Å². The van der Waals surface area contributed by atoms with Gasteiger partial charge in [0.2, 0.25) is 0 Å². The van der Waals surface area contributed by atoms with E-state index in [1.54, 1.807) is 18.2 Å². The molecule has 1 saturated carbocycles. The van der Waals surface area contributed by atoms with Gasteiger partial charge in [-0.2, -0.15) is 18.3 Å². The van der Waals surface area contributed by atoms with Gasteiger partial charge in [-0.05, 0) is 50.2 Å². The van der Waals surface area contributed by atoms with E-state index in [1.807, 2.05) is 0 Å². The van der Waals surface area contributed by atoms with Crippen LogP contribution in [0.15, 0.2) is 24.3 Å². The molecule has 3 N–H and O–H groups in total. The number of carbonyl (C=O) groups is 1. The lowest BCUT2D eigenvalue weighted by atomic mass is 10.2. The first-order chi connectivity index (χ1) is 14.6. The molecule has 0 unspecified atom stereocenters. The van der Waals surface area contributed by atoms with Crippen LogP contribution in [-0.2, 0) is 11.0 Å². The molecule has 1 amide bonds. The first kappa shape index (κ1) is 22.7. The fraction of sp³-hybridized carbons (Fsp3) is 0.421. The maximum atomic E-state index is 13.1. The molecule has 1 aromatic heterocycles. The SMILES string of the molecule is COc1ccc(NC(=S)NNC(=O)[C@@H](C)n2nc(C(F)(F)F)cc2C2CC2)c(OC)c1. The van der Waals surface area contributed by atoms with Gasteiger partial charge in [-0.1, -0.05) is 0 Å². The summed E-state index contributed by atoms with van der Waals surface area (Å²) >= 11 is 5.16. The van der Waals surface area contributed by atoms with Crippen LogP contribution in [0.1, 0.15) is 43.1 Å². The number of nitrogens with zero attached hydrogens (tertiary/aromatic N) is 2. The number of alkyl halides is 3. The zero-order chi connectivity index (χ0) is 22.8. The standard InChI is InChI=1S/C19H22F3N5O3S/c1-10(27-14(11-4-5-11)9-16(26-27)19(20,21)22)17(28)24-25-18(31)23-13-7-6-12(29-2)8-15(13)30-3/h6-11H,4-5H2,1-3H3,(H,24,28)(H2,23,25,31)/t10-/m1/s1. The topological polar surface area (TPSA) is 89.4 Å². The van der Waals surface area contributed by atoms with Gasteiger partial charge >= 0.3 is 6.18 Å². The fourth-order valence-electron chi connectivity index (χ4n) is 2.93. The number of ether oxygens (including phenoxy) is 2. The lowest BCUT2D eigenvalue weighted by Crippen LogP contribution is -2.46. The summed E-state index contributed by atoms with van der Waals surface area (Å²) in [7, 11) is 3.01. The predicted octanol–water partition coefficient (Wildman–Crippen LogP) is 3.38. The smallest absolute Gasteiger partial charge is 0.435 e. The van der Waals surface area contributed by atoms with E-state index in [0.29, 0.717) is 22.9 Å². The largest absolute Gasteiger partial charge is 0.497 e. The molecule has 0 saturated heterocycles. The average molecular weight is 457 g/mol. The minimum Gasteiger partial charge on any atom is -0.497 e. The molecule has 3 rings (SSSR count). The van der Waals surface area contributed by atoms with Crippen LogP contribution >= 0.6 is 12.2 Å². The van der Waals surface area contributed by atoms with Crippen molar-refractivity contribution in [2.24, 2.45) is 0 Å². The van der Waals surface area contributed by atoms with Crippen LogP contribution in [0.3, 0.4) is 0 Å². The summed E-state index contributed by atoms with van der Waals surface area (Å²) in [4.78, 5) is 12.5. The number of hydrogen-bond donors (Lipinski definition) is 3. The number of rotatable bonds is 6. The first-order valence-corrected chi connectivity index (χ1v) is 9.80. The number of halogens is 3. The molecule has 0 bridgehead atoms. The number of aromatic nitrogens is 2. The summed E-state index contributed by atoms with van der Waals surface area (Å²) in [5.74, 6) is 0.447. The van der Waals surface area contributed by atoms with Crippen molar-refractivity contribution in [3.63, 3.8) is 0 Å². The van der Waals surface area contributed by atoms with Gasteiger partial charge in [-0.3, -0.25) is 20.3 Å².